The highest BCUT2D eigenvalue weighted by Crippen LogP contribution is 2.46. The lowest BCUT2D eigenvalue weighted by atomic mass is 9.83. The van der Waals surface area contributed by atoms with Gasteiger partial charge in [0.05, 0.1) is 30.9 Å². The molecule has 1 aliphatic rings. The molecule has 1 atom stereocenters. The molecular weight excluding hydrogens is 430 g/mol. The highest BCUT2D eigenvalue weighted by atomic mass is 16.5. The third-order valence-electron chi connectivity index (χ3n) is 6.05. The van der Waals surface area contributed by atoms with Crippen molar-refractivity contribution in [2.75, 3.05) is 31.7 Å². The van der Waals surface area contributed by atoms with Gasteiger partial charge in [-0.15, -0.1) is 5.10 Å². The maximum Gasteiger partial charge on any atom is 0.244 e. The quantitative estimate of drug-likeness (QED) is 0.509. The first kappa shape index (κ1) is 23.1. The topological polar surface area (TPSA) is 109 Å². The Morgan fingerprint density at radius 3 is 2.47 bits per heavy atom. The summed E-state index contributed by atoms with van der Waals surface area (Å²) in [7, 11) is 1.60. The van der Waals surface area contributed by atoms with E-state index in [2.05, 4.69) is 47.1 Å². The fraction of sp³-hybridized carbons (Fsp3) is 0.308. The fourth-order valence-electron chi connectivity index (χ4n) is 4.36. The molecule has 34 heavy (non-hydrogen) atoms. The number of anilines is 1. The number of fused-ring (bicyclic) bond motifs is 1. The molecule has 3 aromatic rings. The number of nitrogens with zero attached hydrogens (tertiary/aromatic N) is 3. The van der Waals surface area contributed by atoms with Crippen molar-refractivity contribution in [1.29, 1.82) is 5.26 Å². The van der Waals surface area contributed by atoms with Crippen LogP contribution in [0.4, 0.5) is 5.69 Å². The maximum absolute atomic E-state index is 9.97. The molecule has 176 valence electrons. The summed E-state index contributed by atoms with van der Waals surface area (Å²) in [6.07, 6.45) is 0. The number of methoxy groups -OCH3 is 1. The monoisotopic (exact) mass is 459 g/mol. The van der Waals surface area contributed by atoms with E-state index in [9.17, 15) is 5.26 Å². The lowest BCUT2D eigenvalue weighted by Crippen LogP contribution is -2.22. The van der Waals surface area contributed by atoms with Crippen molar-refractivity contribution < 1.29 is 14.2 Å². The fourth-order valence-corrected chi connectivity index (χ4v) is 4.36. The summed E-state index contributed by atoms with van der Waals surface area (Å²) in [4.78, 5) is 2.27. The van der Waals surface area contributed by atoms with E-state index in [0.717, 1.165) is 41.2 Å². The molecule has 0 fully saturated rings. The van der Waals surface area contributed by atoms with E-state index in [0.29, 0.717) is 29.6 Å². The Bertz CT molecular complexity index is 1240. The molecular formula is C26H29N5O3. The number of aromatic nitrogens is 2. The second kappa shape index (κ2) is 9.79. The number of aromatic amines is 1. The second-order valence-corrected chi connectivity index (χ2v) is 7.80. The smallest absolute Gasteiger partial charge is 0.244 e. The van der Waals surface area contributed by atoms with Crippen LogP contribution in [0.3, 0.4) is 0 Å². The summed E-state index contributed by atoms with van der Waals surface area (Å²) < 4.78 is 16.9. The van der Waals surface area contributed by atoms with Crippen LogP contribution in [0.1, 0.15) is 37.8 Å². The second-order valence-electron chi connectivity index (χ2n) is 7.80. The number of benzene rings is 2. The minimum absolute atomic E-state index is 0.0649. The Morgan fingerprint density at radius 1 is 1.12 bits per heavy atom. The number of rotatable bonds is 8. The average Bonchev–Trinajstić information content (AvgIpc) is 3.28. The van der Waals surface area contributed by atoms with E-state index in [4.69, 9.17) is 19.9 Å². The summed E-state index contributed by atoms with van der Waals surface area (Å²) in [5, 5.41) is 17.4. The van der Waals surface area contributed by atoms with Gasteiger partial charge < -0.3 is 24.8 Å². The van der Waals surface area contributed by atoms with Gasteiger partial charge in [0.15, 0.2) is 11.5 Å². The average molecular weight is 460 g/mol. The molecule has 8 nitrogen and oxygen atoms in total. The standard InChI is InChI=1S/C26H29N5O3/c1-5-31(6-2)18-11-8-16(9-12-18)22-19(15-27)25(28)34-26-23(22)24(29-30-26)17-10-13-20(33-7-3)21(14-17)32-4/h8-14,22H,5-7,28H2,1-4H3,(H,29,30)/t22-/m1/s1. The SMILES string of the molecule is CCOc1ccc(-c2[nH]nc3c2[C@H](c2ccc(N(CC)CC)cc2)C(C#N)=C(N)O3)cc1OC. The Hall–Kier alpha value is -4.12. The van der Waals surface area contributed by atoms with Crippen LogP contribution in [-0.4, -0.2) is 37.0 Å². The highest BCUT2D eigenvalue weighted by Gasteiger charge is 2.35. The zero-order chi connectivity index (χ0) is 24.2. The summed E-state index contributed by atoms with van der Waals surface area (Å²) in [6, 6.07) is 16.1. The highest BCUT2D eigenvalue weighted by molar-refractivity contribution is 5.73. The van der Waals surface area contributed by atoms with Crippen molar-refractivity contribution in [3.63, 3.8) is 0 Å². The molecule has 4 rings (SSSR count). The first-order valence-corrected chi connectivity index (χ1v) is 11.4. The van der Waals surface area contributed by atoms with Crippen LogP contribution in [0.25, 0.3) is 11.3 Å². The van der Waals surface area contributed by atoms with E-state index < -0.39 is 5.92 Å². The van der Waals surface area contributed by atoms with Gasteiger partial charge in [-0.05, 0) is 56.7 Å². The number of ether oxygens (including phenoxy) is 3. The Labute approximate surface area is 199 Å². The molecule has 0 bridgehead atoms. The van der Waals surface area contributed by atoms with Gasteiger partial charge >= 0.3 is 0 Å². The number of hydrogen-bond acceptors (Lipinski definition) is 7. The van der Waals surface area contributed by atoms with E-state index in [1.54, 1.807) is 7.11 Å². The van der Waals surface area contributed by atoms with E-state index in [-0.39, 0.29) is 5.88 Å². The normalized spacial score (nSPS) is 14.7. The molecule has 0 saturated heterocycles. The van der Waals surface area contributed by atoms with Crippen molar-refractivity contribution in [2.45, 2.75) is 26.7 Å². The molecule has 2 aromatic carbocycles. The third kappa shape index (κ3) is 4.01. The summed E-state index contributed by atoms with van der Waals surface area (Å²) in [5.41, 5.74) is 10.9. The van der Waals surface area contributed by atoms with Gasteiger partial charge in [-0.1, -0.05) is 12.1 Å². The van der Waals surface area contributed by atoms with Crippen molar-refractivity contribution in [1.82, 2.24) is 10.2 Å². The molecule has 3 N–H and O–H groups in total. The van der Waals surface area contributed by atoms with Crippen LogP contribution >= 0.6 is 0 Å². The van der Waals surface area contributed by atoms with Crippen LogP contribution in [0, 0.1) is 11.3 Å². The minimum Gasteiger partial charge on any atom is -0.493 e. The molecule has 1 aromatic heterocycles. The lowest BCUT2D eigenvalue weighted by Gasteiger charge is -2.25. The lowest BCUT2D eigenvalue weighted by molar-refractivity contribution is 0.311. The molecule has 0 saturated carbocycles. The Balaban J connectivity index is 1.83. The van der Waals surface area contributed by atoms with Crippen molar-refractivity contribution >= 4 is 5.69 Å². The van der Waals surface area contributed by atoms with Gasteiger partial charge in [-0.2, -0.15) is 5.26 Å². The Kier molecular flexibility index (Phi) is 6.64. The third-order valence-corrected chi connectivity index (χ3v) is 6.05. The molecule has 1 aliphatic heterocycles. The van der Waals surface area contributed by atoms with Crippen LogP contribution < -0.4 is 24.8 Å². The van der Waals surface area contributed by atoms with Crippen molar-refractivity contribution in [2.24, 2.45) is 5.73 Å². The van der Waals surface area contributed by atoms with E-state index in [1.165, 1.54) is 0 Å². The predicted molar refractivity (Wildman–Crippen MR) is 131 cm³/mol. The number of nitrogens with one attached hydrogen (secondary N) is 1. The summed E-state index contributed by atoms with van der Waals surface area (Å²) in [5.74, 6) is 1.26. The van der Waals surface area contributed by atoms with Gasteiger partial charge in [0.1, 0.15) is 11.6 Å². The molecule has 0 unspecified atom stereocenters. The zero-order valence-corrected chi connectivity index (χ0v) is 19.9. The summed E-state index contributed by atoms with van der Waals surface area (Å²) in [6.45, 7) is 8.54. The Morgan fingerprint density at radius 2 is 1.85 bits per heavy atom. The van der Waals surface area contributed by atoms with Crippen LogP contribution in [0.2, 0.25) is 0 Å². The molecule has 0 amide bonds. The van der Waals surface area contributed by atoms with Gasteiger partial charge in [0.2, 0.25) is 11.8 Å². The van der Waals surface area contributed by atoms with Crippen molar-refractivity contribution in [3.05, 3.63) is 65.0 Å². The molecule has 0 radical (unpaired) electrons. The largest absolute Gasteiger partial charge is 0.493 e. The molecule has 8 heteroatoms. The van der Waals surface area contributed by atoms with Gasteiger partial charge in [-0.3, -0.25) is 5.10 Å². The van der Waals surface area contributed by atoms with Gasteiger partial charge in [-0.25, -0.2) is 0 Å². The van der Waals surface area contributed by atoms with E-state index >= 15 is 0 Å². The minimum atomic E-state index is -0.425. The molecule has 2 heterocycles. The first-order valence-electron chi connectivity index (χ1n) is 11.4. The van der Waals surface area contributed by atoms with E-state index in [1.807, 2.05) is 37.3 Å². The molecule has 0 spiro atoms. The van der Waals surface area contributed by atoms with Gasteiger partial charge in [0.25, 0.3) is 0 Å². The number of allylic oxidation sites excluding steroid dienone is 1. The molecule has 0 aliphatic carbocycles. The number of hydrogen-bond donors (Lipinski definition) is 2. The van der Waals surface area contributed by atoms with Crippen molar-refractivity contribution in [3.8, 4) is 34.7 Å². The zero-order valence-electron chi connectivity index (χ0n) is 19.9. The summed E-state index contributed by atoms with van der Waals surface area (Å²) >= 11 is 0. The predicted octanol–water partition coefficient (Wildman–Crippen LogP) is 4.55. The van der Waals surface area contributed by atoms with Crippen LogP contribution in [0.15, 0.2) is 53.9 Å². The van der Waals surface area contributed by atoms with Crippen LogP contribution in [0.5, 0.6) is 17.4 Å². The number of nitrogens with two attached hydrogens (primary N) is 1. The number of nitriles is 1. The first-order chi connectivity index (χ1) is 16.6. The van der Waals surface area contributed by atoms with Crippen LogP contribution in [-0.2, 0) is 0 Å². The maximum atomic E-state index is 9.97. The number of H-pyrrole nitrogens is 1. The van der Waals surface area contributed by atoms with Gasteiger partial charge in [0, 0.05) is 24.3 Å².